The Morgan fingerprint density at radius 1 is 1.09 bits per heavy atom. The van der Waals surface area contributed by atoms with Crippen LogP contribution in [-0.4, -0.2) is 27.0 Å². The smallest absolute Gasteiger partial charge is 0.335 e. The van der Waals surface area contributed by atoms with Gasteiger partial charge in [-0.25, -0.2) is 9.78 Å². The van der Waals surface area contributed by atoms with Crippen LogP contribution in [0.15, 0.2) is 77.9 Å². The first-order valence-corrected chi connectivity index (χ1v) is 12.8. The molecular weight excluding hydrogens is 646 g/mol. The van der Waals surface area contributed by atoms with Gasteiger partial charge in [-0.2, -0.15) is 9.78 Å². The fourth-order valence-corrected chi connectivity index (χ4v) is 5.17. The number of hydrogen-bond donors (Lipinski definition) is 1. The number of benzene rings is 3. The molecule has 3 aromatic carbocycles. The number of rotatable bonds is 7. The van der Waals surface area contributed by atoms with Crippen molar-refractivity contribution >= 4 is 70.9 Å². The largest absolute Gasteiger partial charge is 0.487 e. The second kappa shape index (κ2) is 10.8. The van der Waals surface area contributed by atoms with Gasteiger partial charge in [0.15, 0.2) is 0 Å². The van der Waals surface area contributed by atoms with E-state index in [-0.39, 0.29) is 17.7 Å². The molecule has 4 rings (SSSR count). The van der Waals surface area contributed by atoms with Crippen LogP contribution in [0.1, 0.15) is 34.2 Å². The number of aromatic carboxylic acids is 1. The van der Waals surface area contributed by atoms with Crippen molar-refractivity contribution in [1.29, 1.82) is 0 Å². The van der Waals surface area contributed by atoms with Crippen LogP contribution in [0.3, 0.4) is 0 Å². The van der Waals surface area contributed by atoms with Crippen LogP contribution in [0.5, 0.6) is 5.75 Å². The number of hydrogen-bond acceptors (Lipinski definition) is 5. The molecule has 1 heterocycles. The van der Waals surface area contributed by atoms with E-state index in [2.05, 4.69) is 57.9 Å². The molecule has 0 aliphatic carbocycles. The zero-order valence-electron chi connectivity index (χ0n) is 18.3. The first kappa shape index (κ1) is 25.3. The Labute approximate surface area is 225 Å². The molecule has 0 amide bonds. The average molecular weight is 664 g/mol. The molecule has 35 heavy (non-hydrogen) atoms. The van der Waals surface area contributed by atoms with Crippen molar-refractivity contribution < 1.29 is 14.6 Å². The molecule has 0 saturated heterocycles. The number of aryl methyl sites for hydroxylation is 1. The standard InChI is InChI=1S/C25H18Br3N3O4/c1-2-22-30-21-8-7-17(26)11-18(21)24(32)31(22)29-12-15-9-19(27)23(20(28)10-15)35-13-14-3-5-16(6-4-14)25(33)34/h3-12H,2,13H2,1H3,(H,33,34). The first-order chi connectivity index (χ1) is 16.8. The van der Waals surface area contributed by atoms with Crippen molar-refractivity contribution in [3.05, 3.63) is 101 Å². The Morgan fingerprint density at radius 2 is 1.77 bits per heavy atom. The molecule has 0 aliphatic heterocycles. The number of aromatic nitrogens is 2. The molecule has 7 nitrogen and oxygen atoms in total. The number of carbonyl (C=O) groups is 1. The molecule has 0 bridgehead atoms. The highest BCUT2D eigenvalue weighted by Crippen LogP contribution is 2.35. The van der Waals surface area contributed by atoms with Gasteiger partial charge in [-0.05, 0) is 85.5 Å². The van der Waals surface area contributed by atoms with Gasteiger partial charge in [0.2, 0.25) is 0 Å². The highest BCUT2D eigenvalue weighted by atomic mass is 79.9. The van der Waals surface area contributed by atoms with Gasteiger partial charge in [-0.3, -0.25) is 4.79 Å². The summed E-state index contributed by atoms with van der Waals surface area (Å²) in [5, 5.41) is 13.9. The van der Waals surface area contributed by atoms with E-state index in [1.807, 2.05) is 31.2 Å². The van der Waals surface area contributed by atoms with Gasteiger partial charge in [0.25, 0.3) is 5.56 Å². The van der Waals surface area contributed by atoms with Crippen molar-refractivity contribution in [3.8, 4) is 5.75 Å². The molecule has 10 heteroatoms. The molecule has 0 atom stereocenters. The van der Waals surface area contributed by atoms with Gasteiger partial charge in [0.05, 0.1) is 31.6 Å². The van der Waals surface area contributed by atoms with Gasteiger partial charge in [0.1, 0.15) is 18.2 Å². The van der Waals surface area contributed by atoms with Gasteiger partial charge >= 0.3 is 5.97 Å². The number of halogens is 3. The van der Waals surface area contributed by atoms with Crippen molar-refractivity contribution in [3.63, 3.8) is 0 Å². The predicted molar refractivity (Wildman–Crippen MR) is 146 cm³/mol. The Morgan fingerprint density at radius 3 is 2.40 bits per heavy atom. The van der Waals surface area contributed by atoms with E-state index < -0.39 is 5.97 Å². The molecule has 1 N–H and O–H groups in total. The molecule has 0 fully saturated rings. The SMILES string of the molecule is CCc1nc2ccc(Br)cc2c(=O)n1N=Cc1cc(Br)c(OCc2ccc(C(=O)O)cc2)c(Br)c1. The Balaban J connectivity index is 1.58. The summed E-state index contributed by atoms with van der Waals surface area (Å²) >= 11 is 10.5. The number of carboxylic acids is 1. The van der Waals surface area contributed by atoms with Gasteiger partial charge in [0, 0.05) is 10.9 Å². The molecule has 0 aliphatic rings. The molecule has 178 valence electrons. The maximum Gasteiger partial charge on any atom is 0.335 e. The van der Waals surface area contributed by atoms with Crippen molar-refractivity contribution in [1.82, 2.24) is 9.66 Å². The third kappa shape index (κ3) is 5.71. The van der Waals surface area contributed by atoms with E-state index >= 15 is 0 Å². The number of ether oxygens (including phenoxy) is 1. The Hall–Kier alpha value is -2.82. The van der Waals surface area contributed by atoms with Crippen LogP contribution in [0, 0.1) is 0 Å². The first-order valence-electron chi connectivity index (χ1n) is 10.5. The summed E-state index contributed by atoms with van der Waals surface area (Å²) in [6.45, 7) is 2.19. The van der Waals surface area contributed by atoms with E-state index in [0.29, 0.717) is 37.8 Å². The van der Waals surface area contributed by atoms with Crippen molar-refractivity contribution in [2.75, 3.05) is 0 Å². The Bertz CT molecular complexity index is 1490. The van der Waals surface area contributed by atoms with Crippen LogP contribution < -0.4 is 10.3 Å². The van der Waals surface area contributed by atoms with Crippen molar-refractivity contribution in [2.45, 2.75) is 20.0 Å². The van der Waals surface area contributed by atoms with E-state index in [9.17, 15) is 9.59 Å². The lowest BCUT2D eigenvalue weighted by Gasteiger charge is -2.12. The minimum Gasteiger partial charge on any atom is -0.487 e. The summed E-state index contributed by atoms with van der Waals surface area (Å²) in [4.78, 5) is 28.7. The normalized spacial score (nSPS) is 11.3. The average Bonchev–Trinajstić information content (AvgIpc) is 2.83. The van der Waals surface area contributed by atoms with E-state index in [1.165, 1.54) is 16.8 Å². The molecule has 4 aromatic rings. The minimum atomic E-state index is -0.971. The van der Waals surface area contributed by atoms with E-state index in [1.54, 1.807) is 24.4 Å². The van der Waals surface area contributed by atoms with Crippen LogP contribution in [0.2, 0.25) is 0 Å². The number of carboxylic acid groups (broad SMARTS) is 1. The lowest BCUT2D eigenvalue weighted by atomic mass is 10.1. The van der Waals surface area contributed by atoms with E-state index in [4.69, 9.17) is 9.84 Å². The zero-order valence-corrected chi connectivity index (χ0v) is 23.1. The van der Waals surface area contributed by atoms with Crippen LogP contribution in [0.4, 0.5) is 0 Å². The monoisotopic (exact) mass is 661 g/mol. The highest BCUT2D eigenvalue weighted by Gasteiger charge is 2.12. The third-order valence-corrected chi connectivity index (χ3v) is 6.79. The summed E-state index contributed by atoms with van der Waals surface area (Å²) in [6.07, 6.45) is 2.14. The topological polar surface area (TPSA) is 93.8 Å². The lowest BCUT2D eigenvalue weighted by molar-refractivity contribution is 0.0697. The summed E-state index contributed by atoms with van der Waals surface area (Å²) in [6, 6.07) is 15.6. The van der Waals surface area contributed by atoms with Gasteiger partial charge < -0.3 is 9.84 Å². The van der Waals surface area contributed by atoms with Crippen LogP contribution in [-0.2, 0) is 13.0 Å². The fraction of sp³-hybridized carbons (Fsp3) is 0.120. The number of nitrogens with zero attached hydrogens (tertiary/aromatic N) is 3. The van der Waals surface area contributed by atoms with Gasteiger partial charge in [-0.1, -0.05) is 35.0 Å². The molecule has 1 aromatic heterocycles. The maximum atomic E-state index is 13.1. The second-order valence-electron chi connectivity index (χ2n) is 7.51. The summed E-state index contributed by atoms with van der Waals surface area (Å²) in [5.74, 6) is 0.182. The minimum absolute atomic E-state index is 0.222. The highest BCUT2D eigenvalue weighted by molar-refractivity contribution is 9.11. The quantitative estimate of drug-likeness (QED) is 0.231. The maximum absolute atomic E-state index is 13.1. The fourth-order valence-electron chi connectivity index (χ4n) is 3.36. The molecular formula is C25H18Br3N3O4. The second-order valence-corrected chi connectivity index (χ2v) is 10.1. The summed E-state index contributed by atoms with van der Waals surface area (Å²) < 4.78 is 9.44. The summed E-state index contributed by atoms with van der Waals surface area (Å²) in [5.41, 5.74) is 2.19. The molecule has 0 unspecified atom stereocenters. The lowest BCUT2D eigenvalue weighted by Crippen LogP contribution is -2.22. The zero-order chi connectivity index (χ0) is 25.1. The predicted octanol–water partition coefficient (Wildman–Crippen LogP) is 6.41. The van der Waals surface area contributed by atoms with Crippen molar-refractivity contribution in [2.24, 2.45) is 5.10 Å². The van der Waals surface area contributed by atoms with Crippen LogP contribution >= 0.6 is 47.8 Å². The van der Waals surface area contributed by atoms with Crippen LogP contribution in [0.25, 0.3) is 10.9 Å². The van der Waals surface area contributed by atoms with Gasteiger partial charge in [-0.15, -0.1) is 0 Å². The van der Waals surface area contributed by atoms with E-state index in [0.717, 1.165) is 15.6 Å². The third-order valence-electron chi connectivity index (χ3n) is 5.12. The molecule has 0 spiro atoms. The summed E-state index contributed by atoms with van der Waals surface area (Å²) in [7, 11) is 0. The molecule has 0 saturated carbocycles. The Kier molecular flexibility index (Phi) is 7.83. The molecule has 0 radical (unpaired) electrons. The number of fused-ring (bicyclic) bond motifs is 1.